The molecule has 0 bridgehead atoms. The Morgan fingerprint density at radius 3 is 1.37 bits per heavy atom. The van der Waals surface area contributed by atoms with Crippen molar-refractivity contribution in [1.29, 1.82) is 0 Å². The molecule has 4 heteroatoms. The lowest BCUT2D eigenvalue weighted by molar-refractivity contribution is 0.165. The molecule has 1 N–H and O–H groups in total. The van der Waals surface area contributed by atoms with E-state index in [1.54, 1.807) is 12.1 Å². The molecule has 1 aromatic rings. The molecule has 0 saturated carbocycles. The van der Waals surface area contributed by atoms with Crippen molar-refractivity contribution < 1.29 is 9.50 Å². The minimum absolute atomic E-state index is 0.0799. The van der Waals surface area contributed by atoms with Gasteiger partial charge in [-0.3, -0.25) is 0 Å². The van der Waals surface area contributed by atoms with E-state index >= 15 is 0 Å². The highest BCUT2D eigenvalue weighted by atomic mass is 28.3. The Bertz CT molecular complexity index is 742. The summed E-state index contributed by atoms with van der Waals surface area (Å²) < 4.78 is 13.4. The van der Waals surface area contributed by atoms with Crippen LogP contribution < -0.4 is 0 Å². The van der Waals surface area contributed by atoms with E-state index in [0.717, 1.165) is 0 Å². The van der Waals surface area contributed by atoms with Crippen LogP contribution in [-0.2, 0) is 5.60 Å². The molecule has 0 amide bonds. The van der Waals surface area contributed by atoms with E-state index in [4.69, 9.17) is 0 Å². The van der Waals surface area contributed by atoms with Gasteiger partial charge >= 0.3 is 0 Å². The molecule has 0 aliphatic rings. The molecule has 1 rings (SSSR count). The molecule has 0 atom stereocenters. The summed E-state index contributed by atoms with van der Waals surface area (Å²) in [6, 6.07) is 5.86. The van der Waals surface area contributed by atoms with Gasteiger partial charge in [-0.1, -0.05) is 91.7 Å². The maximum atomic E-state index is 13.4. The van der Waals surface area contributed by atoms with Crippen molar-refractivity contribution in [1.82, 2.24) is 0 Å². The second kappa shape index (κ2) is 7.59. The van der Waals surface area contributed by atoms with Crippen molar-refractivity contribution in [3.05, 3.63) is 35.6 Å². The van der Waals surface area contributed by atoms with Crippen LogP contribution in [0.2, 0.25) is 36.3 Å². The molecule has 0 aliphatic heterocycles. The number of halogens is 1. The molecule has 0 unspecified atom stereocenters. The van der Waals surface area contributed by atoms with Crippen molar-refractivity contribution in [2.75, 3.05) is 0 Å². The number of aliphatic hydroxyl groups is 1. The maximum absolute atomic E-state index is 13.4. The molecular formula is C23H35FOSi2. The highest BCUT2D eigenvalue weighted by Crippen LogP contribution is 2.37. The quantitative estimate of drug-likeness (QED) is 0.443. The van der Waals surface area contributed by atoms with Gasteiger partial charge in [0.1, 0.15) is 22.0 Å². The Morgan fingerprint density at radius 2 is 1.07 bits per heavy atom. The fourth-order valence-electron chi connectivity index (χ4n) is 1.74. The second-order valence-corrected chi connectivity index (χ2v) is 20.5. The summed E-state index contributed by atoms with van der Waals surface area (Å²) in [5.41, 5.74) is 5.72. The minimum Gasteiger partial charge on any atom is -0.364 e. The minimum atomic E-state index is -1.92. The fourth-order valence-corrected chi connectivity index (χ4v) is 3.47. The van der Waals surface area contributed by atoms with E-state index < -0.39 is 21.7 Å². The first kappa shape index (κ1) is 23.7. The van der Waals surface area contributed by atoms with Gasteiger partial charge < -0.3 is 5.11 Å². The third-order valence-corrected chi connectivity index (χ3v) is 15.1. The Morgan fingerprint density at radius 1 is 0.741 bits per heavy atom. The van der Waals surface area contributed by atoms with E-state index in [1.807, 2.05) is 0 Å². The smallest absolute Gasteiger partial charge is 0.212 e. The number of benzene rings is 1. The van der Waals surface area contributed by atoms with Gasteiger partial charge in [-0.15, -0.1) is 11.1 Å². The Kier molecular flexibility index (Phi) is 6.66. The third-order valence-electron chi connectivity index (χ3n) is 6.12. The highest BCUT2D eigenvalue weighted by Gasteiger charge is 2.37. The molecule has 0 fully saturated rings. The number of hydrogen-bond donors (Lipinski definition) is 1. The highest BCUT2D eigenvalue weighted by molar-refractivity contribution is 6.88. The first-order valence-corrected chi connectivity index (χ1v) is 15.5. The molecule has 0 heterocycles. The fraction of sp³-hybridized carbons (Fsp3) is 0.565. The van der Waals surface area contributed by atoms with Crippen LogP contribution in [-0.4, -0.2) is 21.3 Å². The van der Waals surface area contributed by atoms with Gasteiger partial charge in [-0.05, 0) is 22.2 Å². The summed E-state index contributed by atoms with van der Waals surface area (Å²) in [6.07, 6.45) is 0. The predicted molar refractivity (Wildman–Crippen MR) is 120 cm³/mol. The molecule has 0 aromatic heterocycles. The zero-order valence-corrected chi connectivity index (χ0v) is 20.6. The van der Waals surface area contributed by atoms with Crippen molar-refractivity contribution in [2.24, 2.45) is 0 Å². The van der Waals surface area contributed by atoms with Gasteiger partial charge in [-0.25, -0.2) is 4.39 Å². The zero-order chi connectivity index (χ0) is 21.3. The summed E-state index contributed by atoms with van der Waals surface area (Å²) >= 11 is 0. The summed E-state index contributed by atoms with van der Waals surface area (Å²) in [5, 5.41) is 11.6. The van der Waals surface area contributed by atoms with Crippen molar-refractivity contribution >= 4 is 16.1 Å². The van der Waals surface area contributed by atoms with Crippen molar-refractivity contribution in [3.8, 4) is 22.9 Å². The normalized spacial score (nSPS) is 13.3. The number of hydrogen-bond acceptors (Lipinski definition) is 1. The Hall–Kier alpha value is -1.34. The van der Waals surface area contributed by atoms with Crippen molar-refractivity contribution in [3.63, 3.8) is 0 Å². The second-order valence-electron chi connectivity index (χ2n) is 10.5. The van der Waals surface area contributed by atoms with E-state index in [9.17, 15) is 9.50 Å². The largest absolute Gasteiger partial charge is 0.364 e. The molecule has 0 spiro atoms. The molecule has 0 aliphatic carbocycles. The van der Waals surface area contributed by atoms with Gasteiger partial charge in [-0.2, -0.15) is 0 Å². The van der Waals surface area contributed by atoms with Gasteiger partial charge in [0.25, 0.3) is 0 Å². The topological polar surface area (TPSA) is 20.2 Å². The molecule has 0 radical (unpaired) electrons. The van der Waals surface area contributed by atoms with Crippen LogP contribution in [0.15, 0.2) is 24.3 Å². The molecular weight excluding hydrogens is 367 g/mol. The van der Waals surface area contributed by atoms with Crippen LogP contribution in [0.5, 0.6) is 0 Å². The van der Waals surface area contributed by atoms with E-state index in [2.05, 4.69) is 90.7 Å². The average Bonchev–Trinajstić information content (AvgIpc) is 2.49. The van der Waals surface area contributed by atoms with Crippen LogP contribution in [0.3, 0.4) is 0 Å². The lowest BCUT2D eigenvalue weighted by Crippen LogP contribution is -2.37. The third kappa shape index (κ3) is 5.82. The van der Waals surface area contributed by atoms with Gasteiger partial charge in [0.15, 0.2) is 0 Å². The summed E-state index contributed by atoms with van der Waals surface area (Å²) in [5.74, 6) is 5.86. The van der Waals surface area contributed by atoms with Crippen LogP contribution in [0.1, 0.15) is 47.1 Å². The van der Waals surface area contributed by atoms with E-state index in [0.29, 0.717) is 5.56 Å². The average molecular weight is 403 g/mol. The first-order valence-electron chi connectivity index (χ1n) is 9.48. The lowest BCUT2D eigenvalue weighted by Gasteiger charge is -2.33. The van der Waals surface area contributed by atoms with Crippen LogP contribution >= 0.6 is 0 Å². The SMILES string of the molecule is CC(C)(C)[Si](C)(C)C#CC(O)(C#C[Si](C)(C)C(C)(C)C)c1ccc(F)cc1. The zero-order valence-electron chi connectivity index (χ0n) is 18.6. The standard InChI is InChI=1S/C23H35FOSi2/c1-21(2,3)26(7,8)17-15-23(25,19-11-13-20(24)14-12-19)16-18-27(9,10)22(4,5)6/h11-14,25H,1-10H3. The van der Waals surface area contributed by atoms with Crippen LogP contribution in [0, 0.1) is 28.7 Å². The monoisotopic (exact) mass is 402 g/mol. The van der Waals surface area contributed by atoms with Crippen LogP contribution in [0.25, 0.3) is 0 Å². The molecule has 148 valence electrons. The lowest BCUT2D eigenvalue weighted by atomic mass is 9.96. The van der Waals surface area contributed by atoms with Crippen LogP contribution in [0.4, 0.5) is 4.39 Å². The van der Waals surface area contributed by atoms with E-state index in [-0.39, 0.29) is 15.9 Å². The molecule has 0 saturated heterocycles. The Balaban J connectivity index is 3.56. The first-order chi connectivity index (χ1) is 11.9. The summed E-state index contributed by atoms with van der Waals surface area (Å²) in [6.45, 7) is 21.9. The van der Waals surface area contributed by atoms with Crippen molar-refractivity contribution in [2.45, 2.75) is 83.4 Å². The van der Waals surface area contributed by atoms with Gasteiger partial charge in [0.2, 0.25) is 5.60 Å². The van der Waals surface area contributed by atoms with E-state index in [1.165, 1.54) is 12.1 Å². The molecule has 1 aromatic carbocycles. The van der Waals surface area contributed by atoms with Gasteiger partial charge in [0, 0.05) is 5.56 Å². The summed E-state index contributed by atoms with van der Waals surface area (Å²) in [7, 11) is -3.84. The number of rotatable bonds is 1. The molecule has 27 heavy (non-hydrogen) atoms. The summed E-state index contributed by atoms with van der Waals surface area (Å²) in [4.78, 5) is 0. The predicted octanol–water partition coefficient (Wildman–Crippen LogP) is 6.12. The molecule has 1 nitrogen and oxygen atoms in total. The Labute approximate surface area is 167 Å². The maximum Gasteiger partial charge on any atom is 0.212 e. The van der Waals surface area contributed by atoms with Gasteiger partial charge in [0.05, 0.1) is 0 Å².